The van der Waals surface area contributed by atoms with Gasteiger partial charge in [-0.25, -0.2) is 0 Å². The fourth-order valence-electron chi connectivity index (χ4n) is 6.96. The van der Waals surface area contributed by atoms with Gasteiger partial charge >= 0.3 is 11.9 Å². The molecule has 1 aromatic rings. The van der Waals surface area contributed by atoms with Crippen LogP contribution in [-0.2, 0) is 23.8 Å². The molecule has 4 aliphatic rings. The standard InChI is InChI=1S/C22H28O8/c1-12-7-18(29-13(2)24)21(10-23)16(3-4-17(25)22(21)11-28-22)20(12)8-15(30-19(20)26)14-5-6-27-9-14/h5-6,9,12,15-18,23,25H,3-4,7-8,10-11H2,1-2H3/t12-,15?,16?,17?,18?,20?,21?,22?/m1/s1. The number of hydrogen-bond acceptors (Lipinski definition) is 8. The first kappa shape index (κ1) is 20.0. The normalized spacial score (nSPS) is 47.2. The van der Waals surface area contributed by atoms with E-state index in [-0.39, 0.29) is 31.0 Å². The van der Waals surface area contributed by atoms with Gasteiger partial charge in [-0.3, -0.25) is 9.59 Å². The van der Waals surface area contributed by atoms with Crippen LogP contribution in [0.4, 0.5) is 0 Å². The fourth-order valence-corrected chi connectivity index (χ4v) is 6.96. The maximum atomic E-state index is 13.5. The van der Waals surface area contributed by atoms with Gasteiger partial charge in [0.1, 0.15) is 17.8 Å². The smallest absolute Gasteiger partial charge is 0.313 e. The van der Waals surface area contributed by atoms with Crippen LogP contribution in [0.2, 0.25) is 0 Å². The molecule has 8 atom stereocenters. The summed E-state index contributed by atoms with van der Waals surface area (Å²) in [6.07, 6.45) is 3.09. The average molecular weight is 420 g/mol. The maximum absolute atomic E-state index is 13.5. The first-order valence-electron chi connectivity index (χ1n) is 10.6. The van der Waals surface area contributed by atoms with Crippen LogP contribution < -0.4 is 0 Å². The molecule has 4 fully saturated rings. The second-order valence-electron chi connectivity index (χ2n) is 9.45. The molecular weight excluding hydrogens is 392 g/mol. The van der Waals surface area contributed by atoms with Crippen LogP contribution in [0.5, 0.6) is 0 Å². The Morgan fingerprint density at radius 1 is 1.37 bits per heavy atom. The Labute approximate surface area is 174 Å². The molecule has 0 radical (unpaired) electrons. The number of aliphatic hydroxyl groups excluding tert-OH is 2. The number of aliphatic hydroxyl groups is 2. The Morgan fingerprint density at radius 2 is 2.13 bits per heavy atom. The lowest BCUT2D eigenvalue weighted by molar-refractivity contribution is -0.241. The van der Waals surface area contributed by atoms with E-state index in [2.05, 4.69) is 0 Å². The van der Waals surface area contributed by atoms with Crippen molar-refractivity contribution in [1.29, 1.82) is 0 Å². The van der Waals surface area contributed by atoms with E-state index in [0.717, 1.165) is 5.56 Å². The average Bonchev–Trinajstić information content (AvgIpc) is 3.16. The monoisotopic (exact) mass is 420 g/mol. The molecule has 0 bridgehead atoms. The summed E-state index contributed by atoms with van der Waals surface area (Å²) in [4.78, 5) is 25.4. The number of carbonyl (C=O) groups excluding carboxylic acids is 2. The Kier molecular flexibility index (Phi) is 4.37. The number of rotatable bonds is 3. The predicted octanol–water partition coefficient (Wildman–Crippen LogP) is 1.74. The van der Waals surface area contributed by atoms with Crippen molar-refractivity contribution in [3.63, 3.8) is 0 Å². The second-order valence-corrected chi connectivity index (χ2v) is 9.45. The molecule has 8 heteroatoms. The summed E-state index contributed by atoms with van der Waals surface area (Å²) in [7, 11) is 0. The number of carbonyl (C=O) groups is 2. The quantitative estimate of drug-likeness (QED) is 0.561. The van der Waals surface area contributed by atoms with Crippen molar-refractivity contribution in [2.24, 2.45) is 22.7 Å². The van der Waals surface area contributed by atoms with E-state index in [0.29, 0.717) is 25.7 Å². The Balaban J connectivity index is 1.63. The van der Waals surface area contributed by atoms with E-state index in [1.54, 1.807) is 18.6 Å². The van der Waals surface area contributed by atoms with Gasteiger partial charge in [0, 0.05) is 18.9 Å². The predicted molar refractivity (Wildman–Crippen MR) is 101 cm³/mol. The van der Waals surface area contributed by atoms with E-state index in [1.165, 1.54) is 6.92 Å². The third-order valence-corrected chi connectivity index (χ3v) is 8.41. The molecular formula is C22H28O8. The minimum Gasteiger partial charge on any atom is -0.472 e. The lowest BCUT2D eigenvalue weighted by atomic mass is 9.42. The Hall–Kier alpha value is -1.90. The van der Waals surface area contributed by atoms with E-state index < -0.39 is 40.7 Å². The zero-order valence-corrected chi connectivity index (χ0v) is 17.2. The maximum Gasteiger partial charge on any atom is 0.313 e. The minimum absolute atomic E-state index is 0.137. The summed E-state index contributed by atoms with van der Waals surface area (Å²) < 4.78 is 22.6. The zero-order valence-electron chi connectivity index (χ0n) is 17.2. The second kappa shape index (κ2) is 6.55. The third-order valence-electron chi connectivity index (χ3n) is 8.41. The number of hydrogen-bond donors (Lipinski definition) is 2. The van der Waals surface area contributed by atoms with Gasteiger partial charge in [-0.15, -0.1) is 0 Å². The van der Waals surface area contributed by atoms with E-state index >= 15 is 0 Å². The zero-order chi connectivity index (χ0) is 21.3. The van der Waals surface area contributed by atoms with Crippen LogP contribution in [-0.4, -0.2) is 53.2 Å². The molecule has 2 saturated carbocycles. The third kappa shape index (κ3) is 2.32. The number of ether oxygens (including phenoxy) is 3. The number of cyclic esters (lactones) is 1. The molecule has 0 amide bonds. The van der Waals surface area contributed by atoms with Crippen molar-refractivity contribution in [3.8, 4) is 0 Å². The number of epoxide rings is 1. The van der Waals surface area contributed by atoms with Crippen LogP contribution in [0, 0.1) is 22.7 Å². The Bertz CT molecular complexity index is 845. The first-order valence-corrected chi connectivity index (χ1v) is 10.6. The van der Waals surface area contributed by atoms with E-state index in [1.807, 2.05) is 6.92 Å². The van der Waals surface area contributed by atoms with Gasteiger partial charge in [0.25, 0.3) is 0 Å². The summed E-state index contributed by atoms with van der Waals surface area (Å²) in [5.74, 6) is -1.23. The fraction of sp³-hybridized carbons (Fsp3) is 0.727. The van der Waals surface area contributed by atoms with Gasteiger partial charge in [0.15, 0.2) is 0 Å². The SMILES string of the molecule is CC(=O)OC1C[C@@H](C)C2(CC(c3ccoc3)OC2=O)C2CCC(O)C3(CO3)C12CO. The van der Waals surface area contributed by atoms with Gasteiger partial charge in [0.2, 0.25) is 0 Å². The van der Waals surface area contributed by atoms with Gasteiger partial charge in [-0.05, 0) is 37.2 Å². The number of esters is 2. The molecule has 3 heterocycles. The van der Waals surface area contributed by atoms with Gasteiger partial charge < -0.3 is 28.8 Å². The van der Waals surface area contributed by atoms with E-state index in [9.17, 15) is 19.8 Å². The van der Waals surface area contributed by atoms with Crippen molar-refractivity contribution in [3.05, 3.63) is 24.2 Å². The molecule has 2 spiro atoms. The van der Waals surface area contributed by atoms with Crippen molar-refractivity contribution in [1.82, 2.24) is 0 Å². The molecule has 164 valence electrons. The van der Waals surface area contributed by atoms with E-state index in [4.69, 9.17) is 18.6 Å². The van der Waals surface area contributed by atoms with Crippen molar-refractivity contribution in [2.45, 2.75) is 63.4 Å². The number of furan rings is 1. The summed E-state index contributed by atoms with van der Waals surface area (Å²) >= 11 is 0. The van der Waals surface area contributed by atoms with Crippen LogP contribution in [0.15, 0.2) is 23.0 Å². The Morgan fingerprint density at radius 3 is 2.73 bits per heavy atom. The molecule has 0 aromatic carbocycles. The molecule has 2 saturated heterocycles. The van der Waals surface area contributed by atoms with Crippen LogP contribution in [0.25, 0.3) is 0 Å². The topological polar surface area (TPSA) is 119 Å². The summed E-state index contributed by atoms with van der Waals surface area (Å²) in [6.45, 7) is 3.26. The van der Waals surface area contributed by atoms with Crippen molar-refractivity contribution < 1.29 is 38.4 Å². The first-order chi connectivity index (χ1) is 14.3. The molecule has 5 rings (SSSR count). The van der Waals surface area contributed by atoms with Gasteiger partial charge in [0.05, 0.1) is 42.7 Å². The molecule has 2 N–H and O–H groups in total. The van der Waals surface area contributed by atoms with Crippen LogP contribution in [0.3, 0.4) is 0 Å². The molecule has 2 aliphatic carbocycles. The highest BCUT2D eigenvalue weighted by Crippen LogP contribution is 2.71. The largest absolute Gasteiger partial charge is 0.472 e. The molecule has 30 heavy (non-hydrogen) atoms. The molecule has 8 nitrogen and oxygen atoms in total. The highest BCUT2D eigenvalue weighted by atomic mass is 16.6. The highest BCUT2D eigenvalue weighted by molar-refractivity contribution is 5.81. The summed E-state index contributed by atoms with van der Waals surface area (Å²) in [5, 5.41) is 21.6. The molecule has 2 aliphatic heterocycles. The highest BCUT2D eigenvalue weighted by Gasteiger charge is 2.80. The van der Waals surface area contributed by atoms with Gasteiger partial charge in [-0.2, -0.15) is 0 Å². The van der Waals surface area contributed by atoms with Crippen molar-refractivity contribution >= 4 is 11.9 Å². The lowest BCUT2D eigenvalue weighted by Gasteiger charge is -2.61. The van der Waals surface area contributed by atoms with Gasteiger partial charge in [-0.1, -0.05) is 6.92 Å². The lowest BCUT2D eigenvalue weighted by Crippen LogP contribution is -2.71. The molecule has 7 unspecified atom stereocenters. The molecule has 1 aromatic heterocycles. The van der Waals surface area contributed by atoms with Crippen molar-refractivity contribution in [2.75, 3.05) is 13.2 Å². The van der Waals surface area contributed by atoms with Crippen LogP contribution in [0.1, 0.15) is 51.2 Å². The van der Waals surface area contributed by atoms with Crippen LogP contribution >= 0.6 is 0 Å². The summed E-state index contributed by atoms with van der Waals surface area (Å²) in [5.41, 5.74) is -2.13. The minimum atomic E-state index is -1.06. The summed E-state index contributed by atoms with van der Waals surface area (Å²) in [6, 6.07) is 1.79. The number of fused-ring (bicyclic) bond motifs is 3.